The monoisotopic (exact) mass is 501 g/mol. The van der Waals surface area contributed by atoms with Gasteiger partial charge >= 0.3 is 6.09 Å². The molecule has 7 nitrogen and oxygen atoms in total. The van der Waals surface area contributed by atoms with Gasteiger partial charge in [-0.05, 0) is 73.7 Å². The van der Waals surface area contributed by atoms with Crippen LogP contribution in [0.15, 0.2) is 72.8 Å². The van der Waals surface area contributed by atoms with Gasteiger partial charge in [0.15, 0.2) is 0 Å². The zero-order valence-corrected chi connectivity index (χ0v) is 21.3. The maximum Gasteiger partial charge on any atom is 0.411 e. The number of piperidine rings is 1. The van der Waals surface area contributed by atoms with Gasteiger partial charge in [0.05, 0.1) is 12.3 Å². The van der Waals surface area contributed by atoms with Crippen LogP contribution in [0, 0.1) is 0 Å². The van der Waals surface area contributed by atoms with Crippen LogP contribution in [0.5, 0.6) is 0 Å². The third-order valence-corrected chi connectivity index (χ3v) is 6.63. The highest BCUT2D eigenvalue weighted by molar-refractivity contribution is 5.92. The minimum absolute atomic E-state index is 0.0208. The molecule has 0 bridgehead atoms. The van der Waals surface area contributed by atoms with E-state index in [9.17, 15) is 9.59 Å². The number of anilines is 2. The molecule has 0 aromatic heterocycles. The summed E-state index contributed by atoms with van der Waals surface area (Å²) in [6, 6.07) is 23.1. The molecule has 0 aliphatic carbocycles. The first-order valence-electron chi connectivity index (χ1n) is 12.8. The topological polar surface area (TPSA) is 90.9 Å². The number of amides is 2. The van der Waals surface area contributed by atoms with Crippen LogP contribution in [0.3, 0.4) is 0 Å². The predicted molar refractivity (Wildman–Crippen MR) is 146 cm³/mol. The molecule has 1 saturated heterocycles. The van der Waals surface area contributed by atoms with E-state index in [0.717, 1.165) is 60.3 Å². The average Bonchev–Trinajstić information content (AvgIpc) is 2.91. The van der Waals surface area contributed by atoms with Crippen molar-refractivity contribution in [2.75, 3.05) is 30.8 Å². The van der Waals surface area contributed by atoms with Crippen LogP contribution in [0.1, 0.15) is 36.8 Å². The van der Waals surface area contributed by atoms with Crippen molar-refractivity contribution in [2.45, 2.75) is 44.8 Å². The summed E-state index contributed by atoms with van der Waals surface area (Å²) in [4.78, 5) is 27.3. The van der Waals surface area contributed by atoms with Crippen molar-refractivity contribution < 1.29 is 19.4 Å². The number of likely N-dealkylation sites (tertiary alicyclic amines) is 1. The number of hydrogen-bond acceptors (Lipinski definition) is 5. The largest absolute Gasteiger partial charge is 0.446 e. The van der Waals surface area contributed by atoms with Gasteiger partial charge in [-0.15, -0.1) is 0 Å². The summed E-state index contributed by atoms with van der Waals surface area (Å²) in [5.74, 6) is -0.0463. The van der Waals surface area contributed by atoms with Gasteiger partial charge in [-0.2, -0.15) is 0 Å². The Morgan fingerprint density at radius 2 is 1.65 bits per heavy atom. The molecule has 3 aromatic carbocycles. The third kappa shape index (κ3) is 7.90. The molecule has 1 aliphatic heterocycles. The van der Waals surface area contributed by atoms with Gasteiger partial charge in [0.2, 0.25) is 5.91 Å². The van der Waals surface area contributed by atoms with Gasteiger partial charge in [0, 0.05) is 30.8 Å². The fourth-order valence-electron chi connectivity index (χ4n) is 4.48. The number of nitrogens with zero attached hydrogens (tertiary/aromatic N) is 1. The van der Waals surface area contributed by atoms with E-state index >= 15 is 0 Å². The SMILES string of the molecule is CN1CCC(OC(=O)Nc2ccc(CCCC(=O)Nc3ccc(CO)cc3)cc2-c2ccccc2)CC1. The molecule has 0 saturated carbocycles. The first kappa shape index (κ1) is 26.4. The number of hydrogen-bond donors (Lipinski definition) is 3. The second-order valence-corrected chi connectivity index (χ2v) is 9.54. The lowest BCUT2D eigenvalue weighted by atomic mass is 9.98. The molecular weight excluding hydrogens is 466 g/mol. The summed E-state index contributed by atoms with van der Waals surface area (Å²) in [5, 5.41) is 15.0. The molecule has 3 aromatic rings. The molecular formula is C30H35N3O4. The van der Waals surface area contributed by atoms with Crippen LogP contribution < -0.4 is 10.6 Å². The van der Waals surface area contributed by atoms with Crippen molar-refractivity contribution in [3.8, 4) is 11.1 Å². The molecule has 0 unspecified atom stereocenters. The molecule has 194 valence electrons. The van der Waals surface area contributed by atoms with Crippen molar-refractivity contribution >= 4 is 23.4 Å². The van der Waals surface area contributed by atoms with E-state index < -0.39 is 6.09 Å². The number of carbonyl (C=O) groups is 2. The fraction of sp³-hybridized carbons (Fsp3) is 0.333. The lowest BCUT2D eigenvalue weighted by Gasteiger charge is -2.28. The number of benzene rings is 3. The lowest BCUT2D eigenvalue weighted by molar-refractivity contribution is -0.116. The second kappa shape index (κ2) is 13.0. The molecule has 2 amide bonds. The highest BCUT2D eigenvalue weighted by Crippen LogP contribution is 2.30. The number of aliphatic hydroxyl groups is 1. The van der Waals surface area contributed by atoms with Gasteiger partial charge in [-0.3, -0.25) is 10.1 Å². The molecule has 1 aliphatic rings. The van der Waals surface area contributed by atoms with Crippen LogP contribution in [-0.2, 0) is 22.6 Å². The van der Waals surface area contributed by atoms with Crippen molar-refractivity contribution in [3.63, 3.8) is 0 Å². The molecule has 0 spiro atoms. The summed E-state index contributed by atoms with van der Waals surface area (Å²) in [6.07, 6.45) is 3.02. The molecule has 7 heteroatoms. The number of aryl methyl sites for hydroxylation is 1. The van der Waals surface area contributed by atoms with E-state index in [2.05, 4.69) is 28.6 Å². The average molecular weight is 502 g/mol. The Kier molecular flexibility index (Phi) is 9.29. The Balaban J connectivity index is 1.36. The van der Waals surface area contributed by atoms with Crippen LogP contribution >= 0.6 is 0 Å². The maximum atomic E-state index is 12.7. The van der Waals surface area contributed by atoms with E-state index in [-0.39, 0.29) is 18.6 Å². The predicted octanol–water partition coefficient (Wildman–Crippen LogP) is 5.45. The first-order chi connectivity index (χ1) is 18.0. The Bertz CT molecular complexity index is 1170. The lowest BCUT2D eigenvalue weighted by Crippen LogP contribution is -2.36. The summed E-state index contributed by atoms with van der Waals surface area (Å²) < 4.78 is 5.68. The smallest absolute Gasteiger partial charge is 0.411 e. The summed E-state index contributed by atoms with van der Waals surface area (Å²) in [7, 11) is 2.08. The van der Waals surface area contributed by atoms with E-state index in [4.69, 9.17) is 9.84 Å². The minimum Gasteiger partial charge on any atom is -0.446 e. The summed E-state index contributed by atoms with van der Waals surface area (Å²) in [5.41, 5.74) is 5.25. The van der Waals surface area contributed by atoms with E-state index in [1.54, 1.807) is 24.3 Å². The maximum absolute atomic E-state index is 12.7. The van der Waals surface area contributed by atoms with E-state index in [0.29, 0.717) is 18.5 Å². The molecule has 4 rings (SSSR count). The van der Waals surface area contributed by atoms with Gasteiger partial charge in [0.25, 0.3) is 0 Å². The second-order valence-electron chi connectivity index (χ2n) is 9.54. The quantitative estimate of drug-likeness (QED) is 0.363. The number of rotatable bonds is 9. The fourth-order valence-corrected chi connectivity index (χ4v) is 4.48. The molecule has 0 atom stereocenters. The normalized spacial score (nSPS) is 14.2. The van der Waals surface area contributed by atoms with Crippen molar-refractivity contribution in [3.05, 3.63) is 83.9 Å². The third-order valence-electron chi connectivity index (χ3n) is 6.63. The summed E-state index contributed by atoms with van der Waals surface area (Å²) in [6.45, 7) is 1.83. The number of nitrogens with one attached hydrogen (secondary N) is 2. The molecule has 0 radical (unpaired) electrons. The van der Waals surface area contributed by atoms with Gasteiger partial charge in [-0.25, -0.2) is 4.79 Å². The minimum atomic E-state index is -0.428. The van der Waals surface area contributed by atoms with Crippen LogP contribution in [-0.4, -0.2) is 48.2 Å². The highest BCUT2D eigenvalue weighted by Gasteiger charge is 2.21. The number of carbonyl (C=O) groups excluding carboxylic acids is 2. The van der Waals surface area contributed by atoms with Gasteiger partial charge < -0.3 is 20.1 Å². The molecule has 1 fully saturated rings. The molecule has 1 heterocycles. The van der Waals surface area contributed by atoms with Crippen LogP contribution in [0.4, 0.5) is 16.2 Å². The van der Waals surface area contributed by atoms with Crippen molar-refractivity contribution in [2.24, 2.45) is 0 Å². The van der Waals surface area contributed by atoms with Crippen LogP contribution in [0.2, 0.25) is 0 Å². The number of ether oxygens (including phenoxy) is 1. The zero-order chi connectivity index (χ0) is 26.0. The zero-order valence-electron chi connectivity index (χ0n) is 21.3. The van der Waals surface area contributed by atoms with Crippen molar-refractivity contribution in [1.82, 2.24) is 4.90 Å². The van der Waals surface area contributed by atoms with Gasteiger partial charge in [0.1, 0.15) is 6.10 Å². The highest BCUT2D eigenvalue weighted by atomic mass is 16.6. The summed E-state index contributed by atoms with van der Waals surface area (Å²) >= 11 is 0. The standard InChI is InChI=1S/C30H35N3O4/c1-33-18-16-26(17-19-33)37-30(36)32-28-15-12-22(20-27(28)24-7-3-2-4-8-24)6-5-9-29(35)31-25-13-10-23(21-34)11-14-25/h2-4,7-8,10-15,20,26,34H,5-6,9,16-19,21H2,1H3,(H,31,35)(H,32,36). The van der Waals surface area contributed by atoms with E-state index in [1.165, 1.54) is 0 Å². The Morgan fingerprint density at radius 3 is 2.35 bits per heavy atom. The molecule has 37 heavy (non-hydrogen) atoms. The number of aliphatic hydroxyl groups excluding tert-OH is 1. The first-order valence-corrected chi connectivity index (χ1v) is 12.8. The van der Waals surface area contributed by atoms with Crippen molar-refractivity contribution in [1.29, 1.82) is 0 Å². The van der Waals surface area contributed by atoms with Crippen LogP contribution in [0.25, 0.3) is 11.1 Å². The Morgan fingerprint density at radius 1 is 0.946 bits per heavy atom. The Labute approximate surface area is 218 Å². The molecule has 3 N–H and O–H groups in total. The van der Waals surface area contributed by atoms with Gasteiger partial charge in [-0.1, -0.05) is 48.5 Å². The van der Waals surface area contributed by atoms with E-state index in [1.807, 2.05) is 42.5 Å². The Hall–Kier alpha value is -3.68.